The summed E-state index contributed by atoms with van der Waals surface area (Å²) in [5, 5.41) is 0. The molecule has 116 valence electrons. The van der Waals surface area contributed by atoms with Gasteiger partial charge in [0.1, 0.15) is 5.75 Å². The molecule has 0 aliphatic heterocycles. The zero-order chi connectivity index (χ0) is 15.2. The molecule has 0 aromatic heterocycles. The van der Waals surface area contributed by atoms with E-state index in [4.69, 9.17) is 9.57 Å². The number of methoxy groups -OCH3 is 1. The number of nitrogens with zero attached hydrogens (tertiary/aromatic N) is 1. The Morgan fingerprint density at radius 3 is 2.90 bits per heavy atom. The molecule has 5 heteroatoms. The van der Waals surface area contributed by atoms with Crippen molar-refractivity contribution in [3.63, 3.8) is 0 Å². The van der Waals surface area contributed by atoms with Gasteiger partial charge in [-0.1, -0.05) is 19.1 Å². The summed E-state index contributed by atoms with van der Waals surface area (Å²) in [6.07, 6.45) is 3.68. The first-order valence-corrected chi connectivity index (χ1v) is 7.45. The number of hydrogen-bond acceptors (Lipinski definition) is 3. The molecule has 0 bridgehead atoms. The molecule has 1 aliphatic carbocycles. The quantitative estimate of drug-likeness (QED) is 0.849. The SMILES string of the molecule is CCCN(C(=O)NOC)[C@H]1CCc2c(cccc2OC)C1. The third-order valence-electron chi connectivity index (χ3n) is 3.99. The number of hydrogen-bond donors (Lipinski definition) is 1. The van der Waals surface area contributed by atoms with Crippen LogP contribution in [-0.4, -0.2) is 37.7 Å². The fourth-order valence-corrected chi connectivity index (χ4v) is 3.05. The maximum Gasteiger partial charge on any atom is 0.341 e. The van der Waals surface area contributed by atoms with Gasteiger partial charge in [-0.3, -0.25) is 4.84 Å². The summed E-state index contributed by atoms with van der Waals surface area (Å²) in [5.41, 5.74) is 4.99. The number of fused-ring (bicyclic) bond motifs is 1. The van der Waals surface area contributed by atoms with Gasteiger partial charge in [-0.15, -0.1) is 0 Å². The van der Waals surface area contributed by atoms with E-state index in [1.54, 1.807) is 7.11 Å². The highest BCUT2D eigenvalue weighted by molar-refractivity contribution is 5.73. The standard InChI is InChI=1S/C16H24N2O3/c1-4-10-18(16(19)17-21-3)13-8-9-14-12(11-13)6-5-7-15(14)20-2/h5-7,13H,4,8-11H2,1-3H3,(H,17,19)/t13-/m0/s1. The minimum atomic E-state index is -0.157. The molecule has 2 rings (SSSR count). The Morgan fingerprint density at radius 2 is 2.24 bits per heavy atom. The van der Waals surface area contributed by atoms with Crippen LogP contribution in [-0.2, 0) is 17.7 Å². The molecule has 1 aromatic carbocycles. The third-order valence-corrected chi connectivity index (χ3v) is 3.99. The zero-order valence-electron chi connectivity index (χ0n) is 13.0. The van der Waals surface area contributed by atoms with Crippen LogP contribution in [0.4, 0.5) is 4.79 Å². The van der Waals surface area contributed by atoms with Crippen molar-refractivity contribution in [3.8, 4) is 5.75 Å². The average Bonchev–Trinajstić information content (AvgIpc) is 2.51. The van der Waals surface area contributed by atoms with Crippen LogP contribution >= 0.6 is 0 Å². The van der Waals surface area contributed by atoms with Gasteiger partial charge in [0.05, 0.1) is 14.2 Å². The highest BCUT2D eigenvalue weighted by atomic mass is 16.6. The van der Waals surface area contributed by atoms with Gasteiger partial charge in [0.25, 0.3) is 0 Å². The molecule has 0 saturated heterocycles. The van der Waals surface area contributed by atoms with E-state index in [0.717, 1.165) is 38.0 Å². The van der Waals surface area contributed by atoms with Crippen molar-refractivity contribution < 1.29 is 14.4 Å². The Balaban J connectivity index is 2.16. The number of amides is 2. The number of rotatable bonds is 5. The molecule has 0 saturated carbocycles. The Hall–Kier alpha value is -1.75. The maximum absolute atomic E-state index is 12.1. The second-order valence-corrected chi connectivity index (χ2v) is 5.30. The fourth-order valence-electron chi connectivity index (χ4n) is 3.05. The lowest BCUT2D eigenvalue weighted by atomic mass is 9.87. The Kier molecular flexibility index (Phi) is 5.44. The van der Waals surface area contributed by atoms with Crippen LogP contribution in [0.5, 0.6) is 5.75 Å². The lowest BCUT2D eigenvalue weighted by molar-refractivity contribution is 0.0759. The van der Waals surface area contributed by atoms with Gasteiger partial charge in [-0.25, -0.2) is 10.3 Å². The smallest absolute Gasteiger partial charge is 0.341 e. The first-order valence-electron chi connectivity index (χ1n) is 7.45. The van der Waals surface area contributed by atoms with Crippen molar-refractivity contribution in [1.82, 2.24) is 10.4 Å². The van der Waals surface area contributed by atoms with E-state index in [0.29, 0.717) is 0 Å². The zero-order valence-corrected chi connectivity index (χ0v) is 13.0. The van der Waals surface area contributed by atoms with Gasteiger partial charge in [0.15, 0.2) is 0 Å². The molecule has 5 nitrogen and oxygen atoms in total. The first-order chi connectivity index (χ1) is 10.2. The van der Waals surface area contributed by atoms with Crippen molar-refractivity contribution in [2.24, 2.45) is 0 Å². The summed E-state index contributed by atoms with van der Waals surface area (Å²) in [6.45, 7) is 2.81. The van der Waals surface area contributed by atoms with E-state index in [-0.39, 0.29) is 12.1 Å². The van der Waals surface area contributed by atoms with Crippen LogP contribution in [0.2, 0.25) is 0 Å². The molecule has 0 heterocycles. The number of nitrogens with one attached hydrogen (secondary N) is 1. The molecule has 0 radical (unpaired) electrons. The summed E-state index contributed by atoms with van der Waals surface area (Å²) < 4.78 is 5.43. The average molecular weight is 292 g/mol. The Bertz CT molecular complexity index is 490. The van der Waals surface area contributed by atoms with Crippen molar-refractivity contribution in [3.05, 3.63) is 29.3 Å². The van der Waals surface area contributed by atoms with Crippen LogP contribution in [0.15, 0.2) is 18.2 Å². The largest absolute Gasteiger partial charge is 0.496 e. The van der Waals surface area contributed by atoms with Gasteiger partial charge in [-0.05, 0) is 42.9 Å². The van der Waals surface area contributed by atoms with Crippen molar-refractivity contribution in [2.45, 2.75) is 38.6 Å². The molecular weight excluding hydrogens is 268 g/mol. The highest BCUT2D eigenvalue weighted by Crippen LogP contribution is 2.31. The number of carbonyl (C=O) groups is 1. The highest BCUT2D eigenvalue weighted by Gasteiger charge is 2.28. The van der Waals surface area contributed by atoms with Crippen LogP contribution in [0.25, 0.3) is 0 Å². The summed E-state index contributed by atoms with van der Waals surface area (Å²) >= 11 is 0. The molecule has 2 amide bonds. The van der Waals surface area contributed by atoms with E-state index in [2.05, 4.69) is 18.5 Å². The summed E-state index contributed by atoms with van der Waals surface area (Å²) in [4.78, 5) is 18.8. The van der Waals surface area contributed by atoms with Crippen molar-refractivity contribution in [2.75, 3.05) is 20.8 Å². The minimum absolute atomic E-state index is 0.157. The van der Waals surface area contributed by atoms with Gasteiger partial charge in [0.2, 0.25) is 0 Å². The van der Waals surface area contributed by atoms with Gasteiger partial charge < -0.3 is 9.64 Å². The molecule has 1 atom stereocenters. The predicted octanol–water partition coefficient (Wildman–Crippen LogP) is 2.54. The minimum Gasteiger partial charge on any atom is -0.496 e. The van der Waals surface area contributed by atoms with E-state index >= 15 is 0 Å². The maximum atomic E-state index is 12.1. The van der Waals surface area contributed by atoms with E-state index in [9.17, 15) is 4.79 Å². The molecule has 0 fully saturated rings. The number of carbonyl (C=O) groups excluding carboxylic acids is 1. The number of hydroxylamine groups is 1. The van der Waals surface area contributed by atoms with Gasteiger partial charge >= 0.3 is 6.03 Å². The first kappa shape index (κ1) is 15.6. The van der Waals surface area contributed by atoms with Crippen LogP contribution in [0.1, 0.15) is 30.9 Å². The molecular formula is C16H24N2O3. The van der Waals surface area contributed by atoms with Crippen LogP contribution in [0, 0.1) is 0 Å². The van der Waals surface area contributed by atoms with Crippen LogP contribution in [0.3, 0.4) is 0 Å². The number of benzene rings is 1. The van der Waals surface area contributed by atoms with Gasteiger partial charge in [0, 0.05) is 12.6 Å². The molecule has 1 aliphatic rings. The molecule has 21 heavy (non-hydrogen) atoms. The molecule has 0 spiro atoms. The lowest BCUT2D eigenvalue weighted by Crippen LogP contribution is -2.48. The third kappa shape index (κ3) is 3.47. The fraction of sp³-hybridized carbons (Fsp3) is 0.562. The van der Waals surface area contributed by atoms with Crippen molar-refractivity contribution in [1.29, 1.82) is 0 Å². The second-order valence-electron chi connectivity index (χ2n) is 5.30. The monoisotopic (exact) mass is 292 g/mol. The number of urea groups is 1. The van der Waals surface area contributed by atoms with E-state index in [1.807, 2.05) is 17.0 Å². The Morgan fingerprint density at radius 1 is 1.43 bits per heavy atom. The summed E-state index contributed by atoms with van der Waals surface area (Å²) in [7, 11) is 3.17. The molecule has 0 unspecified atom stereocenters. The normalized spacial score (nSPS) is 17.0. The Labute approximate surface area is 126 Å². The topological polar surface area (TPSA) is 50.8 Å². The van der Waals surface area contributed by atoms with Crippen LogP contribution < -0.4 is 10.2 Å². The number of ether oxygens (including phenoxy) is 1. The van der Waals surface area contributed by atoms with E-state index in [1.165, 1.54) is 18.2 Å². The molecule has 1 aromatic rings. The summed E-state index contributed by atoms with van der Waals surface area (Å²) in [5.74, 6) is 0.953. The lowest BCUT2D eigenvalue weighted by Gasteiger charge is -2.35. The predicted molar refractivity (Wildman–Crippen MR) is 81.3 cm³/mol. The van der Waals surface area contributed by atoms with E-state index < -0.39 is 0 Å². The summed E-state index contributed by atoms with van der Waals surface area (Å²) in [6, 6.07) is 6.19. The van der Waals surface area contributed by atoms with Crippen molar-refractivity contribution >= 4 is 6.03 Å². The van der Waals surface area contributed by atoms with Gasteiger partial charge in [-0.2, -0.15) is 0 Å². The molecule has 1 N–H and O–H groups in total. The second kappa shape index (κ2) is 7.31.